The average molecular weight is 675 g/mol. The molecule has 4 heteroatoms. The molecular weight excluding hydrogens is 633 g/mol. The molecule has 2 aromatic heterocycles. The molecule has 0 aliphatic heterocycles. The highest BCUT2D eigenvalue weighted by molar-refractivity contribution is 6.18. The van der Waals surface area contributed by atoms with E-state index in [1.165, 1.54) is 21.9 Å². The number of fused-ring (bicyclic) bond motifs is 6. The van der Waals surface area contributed by atoms with Crippen LogP contribution in [0, 0.1) is 36.5 Å². The molecule has 52 heavy (non-hydrogen) atoms. The smallest absolute Gasteiger partial charge is 0.0998 e. The van der Waals surface area contributed by atoms with Gasteiger partial charge in [0, 0.05) is 32.7 Å². The lowest BCUT2D eigenvalue weighted by Crippen LogP contribution is -2.10. The van der Waals surface area contributed by atoms with Gasteiger partial charge in [-0.15, -0.1) is 0 Å². The van der Waals surface area contributed by atoms with Gasteiger partial charge in [-0.25, -0.2) is 0 Å². The van der Waals surface area contributed by atoms with Gasteiger partial charge in [-0.2, -0.15) is 10.5 Å². The van der Waals surface area contributed by atoms with Crippen molar-refractivity contribution in [2.24, 2.45) is 0 Å². The van der Waals surface area contributed by atoms with Crippen LogP contribution in [0.3, 0.4) is 0 Å². The van der Waals surface area contributed by atoms with E-state index >= 15 is 0 Å². The molecule has 0 atom stereocenters. The fraction of sp³-hybridized carbons (Fsp3) is 0.208. The monoisotopic (exact) mass is 674 g/mol. The predicted octanol–water partition coefficient (Wildman–Crippen LogP) is 12.5. The second-order valence-corrected chi connectivity index (χ2v) is 16.2. The minimum atomic E-state index is -0.0336. The molecule has 2 heterocycles. The Kier molecular flexibility index (Phi) is 7.46. The lowest BCUT2D eigenvalue weighted by Gasteiger charge is -2.22. The van der Waals surface area contributed by atoms with Crippen molar-refractivity contribution in [3.05, 3.63) is 143 Å². The van der Waals surface area contributed by atoms with E-state index in [0.29, 0.717) is 16.7 Å². The van der Waals surface area contributed by atoms with Crippen LogP contribution in [0.4, 0.5) is 0 Å². The van der Waals surface area contributed by atoms with E-state index < -0.39 is 0 Å². The summed E-state index contributed by atoms with van der Waals surface area (Å²) < 4.78 is 4.73. The molecule has 4 nitrogen and oxygen atoms in total. The Labute approximate surface area is 305 Å². The summed E-state index contributed by atoms with van der Waals surface area (Å²) in [5.41, 5.74) is 13.5. The Balaban J connectivity index is 1.65. The van der Waals surface area contributed by atoms with E-state index in [0.717, 1.165) is 60.9 Å². The van der Waals surface area contributed by atoms with E-state index in [4.69, 9.17) is 0 Å². The van der Waals surface area contributed by atoms with E-state index in [-0.39, 0.29) is 10.8 Å². The first-order chi connectivity index (χ1) is 24.8. The van der Waals surface area contributed by atoms with Gasteiger partial charge < -0.3 is 9.13 Å². The van der Waals surface area contributed by atoms with Crippen LogP contribution in [0.25, 0.3) is 66.1 Å². The summed E-state index contributed by atoms with van der Waals surface area (Å²) in [5, 5.41) is 25.9. The molecule has 0 amide bonds. The highest BCUT2D eigenvalue weighted by atomic mass is 15.0. The Morgan fingerprint density at radius 1 is 0.481 bits per heavy atom. The van der Waals surface area contributed by atoms with E-state index in [1.54, 1.807) is 0 Å². The third kappa shape index (κ3) is 4.94. The number of benzene rings is 6. The van der Waals surface area contributed by atoms with Gasteiger partial charge in [-0.1, -0.05) is 102 Å². The third-order valence-electron chi connectivity index (χ3n) is 10.8. The minimum Gasteiger partial charge on any atom is -0.309 e. The van der Waals surface area contributed by atoms with Gasteiger partial charge in [0.25, 0.3) is 0 Å². The predicted molar refractivity (Wildman–Crippen MR) is 217 cm³/mol. The number of para-hydroxylation sites is 2. The second kappa shape index (κ2) is 11.7. The van der Waals surface area contributed by atoms with Gasteiger partial charge in [0.2, 0.25) is 0 Å². The maximum absolute atomic E-state index is 10.7. The largest absolute Gasteiger partial charge is 0.309 e. The standard InChI is InChI=1S/C48H42N4/c1-29-13-11-14-30(2)45(29)52-39-18-10-9-17-35(39)36-21-24-42(44(46(36)52)43-31(27-49)15-12-16-32(43)28-50)51-40-22-19-33(47(3,4)5)25-37(40)38-26-34(48(6,7)8)20-23-41(38)51/h9-26H,1-8H3. The van der Waals surface area contributed by atoms with Crippen molar-refractivity contribution in [2.45, 2.75) is 66.2 Å². The molecule has 8 rings (SSSR count). The average Bonchev–Trinajstić information content (AvgIpc) is 3.62. The SMILES string of the molecule is Cc1cccc(C)c1-n1c2ccccc2c2ccc(-n3c4ccc(C(C)(C)C)cc4c4cc(C(C)(C)C)ccc43)c(-c3c(C#N)cccc3C#N)c21. The van der Waals surface area contributed by atoms with Gasteiger partial charge in [-0.05, 0) is 95.5 Å². The van der Waals surface area contributed by atoms with Crippen molar-refractivity contribution in [3.8, 4) is 34.6 Å². The van der Waals surface area contributed by atoms with Crippen LogP contribution in [0.15, 0.2) is 109 Å². The quantitative estimate of drug-likeness (QED) is 0.187. The molecule has 0 saturated heterocycles. The zero-order chi connectivity index (χ0) is 36.7. The number of aryl methyl sites for hydroxylation is 2. The van der Waals surface area contributed by atoms with Crippen molar-refractivity contribution in [1.82, 2.24) is 9.13 Å². The first kappa shape index (κ1) is 33.1. The Morgan fingerprint density at radius 2 is 1.00 bits per heavy atom. The number of nitrogens with zero attached hydrogens (tertiary/aromatic N) is 4. The van der Waals surface area contributed by atoms with Gasteiger partial charge >= 0.3 is 0 Å². The Hall–Kier alpha value is -6.10. The van der Waals surface area contributed by atoms with Crippen LogP contribution in [0.5, 0.6) is 0 Å². The summed E-state index contributed by atoms with van der Waals surface area (Å²) in [4.78, 5) is 0. The van der Waals surface area contributed by atoms with Crippen molar-refractivity contribution in [1.29, 1.82) is 10.5 Å². The summed E-state index contributed by atoms with van der Waals surface area (Å²) >= 11 is 0. The fourth-order valence-corrected chi connectivity index (χ4v) is 8.09. The molecule has 0 radical (unpaired) electrons. The van der Waals surface area contributed by atoms with Crippen molar-refractivity contribution < 1.29 is 0 Å². The van der Waals surface area contributed by atoms with Crippen molar-refractivity contribution >= 4 is 43.6 Å². The van der Waals surface area contributed by atoms with Crippen molar-refractivity contribution in [3.63, 3.8) is 0 Å². The van der Waals surface area contributed by atoms with Crippen LogP contribution in [0.2, 0.25) is 0 Å². The van der Waals surface area contributed by atoms with Crippen LogP contribution < -0.4 is 0 Å². The molecule has 8 aromatic rings. The molecular formula is C48H42N4. The van der Waals surface area contributed by atoms with Crippen LogP contribution in [-0.2, 0) is 10.8 Å². The number of aromatic nitrogens is 2. The maximum atomic E-state index is 10.7. The maximum Gasteiger partial charge on any atom is 0.0998 e. The third-order valence-corrected chi connectivity index (χ3v) is 10.8. The minimum absolute atomic E-state index is 0.0336. The summed E-state index contributed by atoms with van der Waals surface area (Å²) in [6.07, 6.45) is 0. The first-order valence-corrected chi connectivity index (χ1v) is 18.0. The van der Waals surface area contributed by atoms with Crippen LogP contribution in [0.1, 0.15) is 74.9 Å². The molecule has 0 saturated carbocycles. The first-order valence-electron chi connectivity index (χ1n) is 18.0. The molecule has 0 aliphatic carbocycles. The molecule has 0 N–H and O–H groups in total. The number of hydrogen-bond donors (Lipinski definition) is 0. The fourth-order valence-electron chi connectivity index (χ4n) is 8.09. The summed E-state index contributed by atoms with van der Waals surface area (Å²) in [6.45, 7) is 17.9. The highest BCUT2D eigenvalue weighted by Gasteiger charge is 2.28. The topological polar surface area (TPSA) is 57.4 Å². The normalized spacial score (nSPS) is 12.2. The number of rotatable bonds is 3. The molecule has 0 spiro atoms. The Morgan fingerprint density at radius 3 is 1.54 bits per heavy atom. The second-order valence-electron chi connectivity index (χ2n) is 16.2. The molecule has 0 unspecified atom stereocenters. The lowest BCUT2D eigenvalue weighted by atomic mass is 9.85. The molecule has 0 bridgehead atoms. The van der Waals surface area contributed by atoms with Gasteiger partial charge in [-0.3, -0.25) is 0 Å². The zero-order valence-corrected chi connectivity index (χ0v) is 31.2. The molecule has 0 aliphatic rings. The Bertz CT molecular complexity index is 2730. The van der Waals surface area contributed by atoms with E-state index in [2.05, 4.69) is 168 Å². The number of nitriles is 2. The lowest BCUT2D eigenvalue weighted by molar-refractivity contribution is 0.590. The van der Waals surface area contributed by atoms with E-state index in [9.17, 15) is 10.5 Å². The molecule has 6 aromatic carbocycles. The van der Waals surface area contributed by atoms with Gasteiger partial charge in [0.1, 0.15) is 0 Å². The van der Waals surface area contributed by atoms with Crippen LogP contribution >= 0.6 is 0 Å². The number of hydrogen-bond acceptors (Lipinski definition) is 2. The van der Waals surface area contributed by atoms with E-state index in [1.807, 2.05) is 18.2 Å². The highest BCUT2D eigenvalue weighted by Crippen LogP contribution is 2.47. The van der Waals surface area contributed by atoms with Crippen LogP contribution in [-0.4, -0.2) is 9.13 Å². The van der Waals surface area contributed by atoms with Crippen molar-refractivity contribution in [2.75, 3.05) is 0 Å². The summed E-state index contributed by atoms with van der Waals surface area (Å²) in [6, 6.07) is 43.5. The van der Waals surface area contributed by atoms with Gasteiger partial charge in [0.05, 0.1) is 56.7 Å². The zero-order valence-electron chi connectivity index (χ0n) is 31.2. The summed E-state index contributed by atoms with van der Waals surface area (Å²) in [5.74, 6) is 0. The van der Waals surface area contributed by atoms with Gasteiger partial charge in [0.15, 0.2) is 0 Å². The summed E-state index contributed by atoms with van der Waals surface area (Å²) in [7, 11) is 0. The molecule has 254 valence electrons. The molecule has 0 fully saturated rings.